The Balaban J connectivity index is 2.94. The number of aliphatic hydroxyl groups is 1. The molecule has 0 aromatic carbocycles. The van der Waals surface area contributed by atoms with Gasteiger partial charge in [-0.3, -0.25) is 0 Å². The molecule has 100 valence electrons. The van der Waals surface area contributed by atoms with Crippen molar-refractivity contribution in [1.29, 1.82) is 0 Å². The molecule has 1 aliphatic heterocycles. The van der Waals surface area contributed by atoms with Crippen molar-refractivity contribution in [2.45, 2.75) is 44.5 Å². The molecule has 0 radical (unpaired) electrons. The summed E-state index contributed by atoms with van der Waals surface area (Å²) in [6.45, 7) is 2.99. The van der Waals surface area contributed by atoms with Crippen LogP contribution in [0.5, 0.6) is 0 Å². The van der Waals surface area contributed by atoms with Gasteiger partial charge in [0.1, 0.15) is 0 Å². The topological polar surface area (TPSA) is 101 Å². The molecule has 2 N–H and O–H groups in total. The van der Waals surface area contributed by atoms with Crippen LogP contribution in [0.25, 0.3) is 0 Å². The highest BCUT2D eigenvalue weighted by Gasteiger charge is 2.48. The Morgan fingerprint density at radius 2 is 2.00 bits per heavy atom. The molecule has 1 saturated heterocycles. The van der Waals surface area contributed by atoms with Crippen molar-refractivity contribution in [3.63, 3.8) is 0 Å². The number of aliphatic carboxylic acids is 1. The lowest BCUT2D eigenvalue weighted by molar-refractivity contribution is -0.177. The second-order valence-electron chi connectivity index (χ2n) is 4.56. The SMILES string of the molecule is CC(O)C(C)OC1(C(=O)O)CCCS(=O)(=O)C1. The van der Waals surface area contributed by atoms with Crippen molar-refractivity contribution in [2.24, 2.45) is 0 Å². The zero-order valence-corrected chi connectivity index (χ0v) is 10.7. The first-order valence-corrected chi connectivity index (χ1v) is 7.30. The number of sulfone groups is 1. The van der Waals surface area contributed by atoms with Gasteiger partial charge in [0.15, 0.2) is 15.4 Å². The Hall–Kier alpha value is -0.660. The fraction of sp³-hybridized carbons (Fsp3) is 0.900. The quantitative estimate of drug-likeness (QED) is 0.731. The van der Waals surface area contributed by atoms with Crippen molar-refractivity contribution >= 4 is 15.8 Å². The summed E-state index contributed by atoms with van der Waals surface area (Å²) in [6.07, 6.45) is -1.16. The maximum absolute atomic E-state index is 11.5. The highest BCUT2D eigenvalue weighted by molar-refractivity contribution is 7.91. The average molecular weight is 266 g/mol. The first-order chi connectivity index (χ1) is 7.68. The first kappa shape index (κ1) is 14.4. The summed E-state index contributed by atoms with van der Waals surface area (Å²) in [5.41, 5.74) is -1.71. The molecule has 7 heteroatoms. The molecule has 0 saturated carbocycles. The molecule has 0 spiro atoms. The van der Waals surface area contributed by atoms with Crippen LogP contribution in [0.4, 0.5) is 0 Å². The van der Waals surface area contributed by atoms with E-state index in [0.29, 0.717) is 0 Å². The van der Waals surface area contributed by atoms with Crippen LogP contribution in [0, 0.1) is 0 Å². The van der Waals surface area contributed by atoms with E-state index in [2.05, 4.69) is 0 Å². The van der Waals surface area contributed by atoms with Crippen molar-refractivity contribution in [2.75, 3.05) is 11.5 Å². The summed E-state index contributed by atoms with van der Waals surface area (Å²) in [5.74, 6) is -1.81. The Morgan fingerprint density at radius 3 is 2.41 bits per heavy atom. The van der Waals surface area contributed by atoms with Gasteiger partial charge in [0.05, 0.1) is 23.7 Å². The number of hydrogen-bond acceptors (Lipinski definition) is 5. The molecule has 0 amide bonds. The lowest BCUT2D eigenvalue weighted by Gasteiger charge is -2.35. The van der Waals surface area contributed by atoms with Crippen molar-refractivity contribution in [3.05, 3.63) is 0 Å². The fourth-order valence-corrected chi connectivity index (χ4v) is 3.62. The molecule has 1 fully saturated rings. The van der Waals surface area contributed by atoms with Gasteiger partial charge in [0.2, 0.25) is 0 Å². The maximum Gasteiger partial charge on any atom is 0.337 e. The lowest BCUT2D eigenvalue weighted by Crippen LogP contribution is -2.53. The van der Waals surface area contributed by atoms with E-state index < -0.39 is 39.4 Å². The predicted octanol–water partition coefficient (Wildman–Crippen LogP) is -0.196. The van der Waals surface area contributed by atoms with Gasteiger partial charge in [-0.25, -0.2) is 13.2 Å². The minimum atomic E-state index is -3.39. The van der Waals surface area contributed by atoms with E-state index in [1.807, 2.05) is 0 Å². The number of ether oxygens (including phenoxy) is 1. The number of aliphatic hydroxyl groups excluding tert-OH is 1. The molecule has 0 aromatic heterocycles. The van der Waals surface area contributed by atoms with Crippen LogP contribution >= 0.6 is 0 Å². The zero-order chi connectivity index (χ0) is 13.3. The maximum atomic E-state index is 11.5. The number of rotatable bonds is 4. The summed E-state index contributed by atoms with van der Waals surface area (Å²) in [4.78, 5) is 11.3. The Morgan fingerprint density at radius 1 is 1.41 bits per heavy atom. The molecule has 0 aromatic rings. The Kier molecular flexibility index (Phi) is 4.16. The van der Waals surface area contributed by atoms with E-state index in [0.717, 1.165) is 0 Å². The molecule has 6 nitrogen and oxygen atoms in total. The monoisotopic (exact) mass is 266 g/mol. The summed E-state index contributed by atoms with van der Waals surface area (Å²) in [5, 5.41) is 18.5. The summed E-state index contributed by atoms with van der Waals surface area (Å²) in [6, 6.07) is 0. The fourth-order valence-electron chi connectivity index (χ4n) is 1.84. The minimum absolute atomic E-state index is 0.00551. The van der Waals surface area contributed by atoms with Crippen molar-refractivity contribution in [1.82, 2.24) is 0 Å². The molecule has 17 heavy (non-hydrogen) atoms. The van der Waals surface area contributed by atoms with Crippen LogP contribution in [0.2, 0.25) is 0 Å². The van der Waals surface area contributed by atoms with Gasteiger partial charge in [-0.2, -0.15) is 0 Å². The predicted molar refractivity (Wildman–Crippen MR) is 60.5 cm³/mol. The Bertz CT molecular complexity index is 388. The van der Waals surface area contributed by atoms with E-state index in [-0.39, 0.29) is 18.6 Å². The van der Waals surface area contributed by atoms with E-state index in [9.17, 15) is 23.4 Å². The third kappa shape index (κ3) is 3.40. The standard InChI is InChI=1S/C10H18O6S/c1-7(11)8(2)16-10(9(12)13)4-3-5-17(14,15)6-10/h7-8,11H,3-6H2,1-2H3,(H,12,13). The number of carbonyl (C=O) groups is 1. The van der Waals surface area contributed by atoms with E-state index in [1.54, 1.807) is 0 Å². The summed E-state index contributed by atoms with van der Waals surface area (Å²) in [7, 11) is -3.39. The highest BCUT2D eigenvalue weighted by Crippen LogP contribution is 2.29. The third-order valence-corrected chi connectivity index (χ3v) is 4.79. The number of carboxylic acid groups (broad SMARTS) is 1. The van der Waals surface area contributed by atoms with Crippen LogP contribution in [0.1, 0.15) is 26.7 Å². The molecular formula is C10H18O6S. The van der Waals surface area contributed by atoms with Gasteiger partial charge in [0, 0.05) is 0 Å². The molecule has 1 rings (SSSR count). The summed E-state index contributed by atoms with van der Waals surface area (Å²) >= 11 is 0. The van der Waals surface area contributed by atoms with Crippen molar-refractivity contribution in [3.8, 4) is 0 Å². The van der Waals surface area contributed by atoms with Crippen LogP contribution in [0.3, 0.4) is 0 Å². The van der Waals surface area contributed by atoms with E-state index in [4.69, 9.17) is 4.74 Å². The van der Waals surface area contributed by atoms with Gasteiger partial charge in [-0.1, -0.05) is 0 Å². The van der Waals surface area contributed by atoms with Gasteiger partial charge >= 0.3 is 5.97 Å². The lowest BCUT2D eigenvalue weighted by atomic mass is 9.99. The van der Waals surface area contributed by atoms with Gasteiger partial charge in [0.25, 0.3) is 0 Å². The van der Waals surface area contributed by atoms with Crippen molar-refractivity contribution < 1.29 is 28.2 Å². The van der Waals surface area contributed by atoms with E-state index >= 15 is 0 Å². The zero-order valence-electron chi connectivity index (χ0n) is 9.92. The van der Waals surface area contributed by atoms with Crippen LogP contribution in [-0.2, 0) is 19.4 Å². The van der Waals surface area contributed by atoms with Gasteiger partial charge in [-0.05, 0) is 26.7 Å². The molecule has 3 unspecified atom stereocenters. The molecule has 1 heterocycles. The minimum Gasteiger partial charge on any atom is -0.479 e. The van der Waals surface area contributed by atoms with Gasteiger partial charge in [-0.15, -0.1) is 0 Å². The largest absolute Gasteiger partial charge is 0.479 e. The summed E-state index contributed by atoms with van der Waals surface area (Å²) < 4.78 is 28.3. The second-order valence-corrected chi connectivity index (χ2v) is 6.74. The van der Waals surface area contributed by atoms with Crippen LogP contribution in [-0.4, -0.2) is 53.9 Å². The van der Waals surface area contributed by atoms with E-state index in [1.165, 1.54) is 13.8 Å². The van der Waals surface area contributed by atoms with Crippen LogP contribution in [0.15, 0.2) is 0 Å². The number of hydrogen-bond donors (Lipinski definition) is 2. The van der Waals surface area contributed by atoms with Gasteiger partial charge < -0.3 is 14.9 Å². The second kappa shape index (κ2) is 4.91. The van der Waals surface area contributed by atoms with Crippen LogP contribution < -0.4 is 0 Å². The number of carboxylic acids is 1. The molecular weight excluding hydrogens is 248 g/mol. The molecule has 0 aliphatic carbocycles. The highest BCUT2D eigenvalue weighted by atomic mass is 32.2. The third-order valence-electron chi connectivity index (χ3n) is 2.97. The smallest absolute Gasteiger partial charge is 0.337 e. The molecule has 3 atom stereocenters. The average Bonchev–Trinajstić information content (AvgIpc) is 2.15. The molecule has 0 bridgehead atoms. The molecule has 1 aliphatic rings. The normalized spacial score (nSPS) is 31.7. The Labute approximate surface area is 101 Å². The first-order valence-electron chi connectivity index (χ1n) is 5.48.